The number of ether oxygens (including phenoxy) is 2. The van der Waals surface area contributed by atoms with Crippen LogP contribution in [0.3, 0.4) is 0 Å². The lowest BCUT2D eigenvalue weighted by molar-refractivity contribution is -0.161. The highest BCUT2D eigenvalue weighted by atomic mass is 31.2. The molecule has 0 spiro atoms. The molecule has 0 aliphatic heterocycles. The van der Waals surface area contributed by atoms with Crippen LogP contribution in [-0.4, -0.2) is 42.8 Å². The molecule has 9 heteroatoms. The van der Waals surface area contributed by atoms with E-state index in [0.29, 0.717) is 12.8 Å². The lowest BCUT2D eigenvalue weighted by Gasteiger charge is -2.19. The Hall–Kier alpha value is -1.21. The lowest BCUT2D eigenvalue weighted by Crippen LogP contribution is -2.29. The summed E-state index contributed by atoms with van der Waals surface area (Å²) in [5.74, 6) is -0.795. The summed E-state index contributed by atoms with van der Waals surface area (Å²) in [6, 6.07) is 0. The lowest BCUT2D eigenvalue weighted by atomic mass is 10.1. The SMILES string of the molecule is CCCCCCCCC/C=C\CCCCCCCCCC(=O)OC(COC(=O)CCCCCCCCCCCCC)COP(=O)(O)OCC. The van der Waals surface area contributed by atoms with Crippen molar-refractivity contribution in [1.29, 1.82) is 0 Å². The van der Waals surface area contributed by atoms with Gasteiger partial charge in [0.2, 0.25) is 0 Å². The van der Waals surface area contributed by atoms with Gasteiger partial charge in [-0.2, -0.15) is 0 Å². The zero-order valence-corrected chi connectivity index (χ0v) is 33.0. The van der Waals surface area contributed by atoms with E-state index in [-0.39, 0.29) is 32.2 Å². The van der Waals surface area contributed by atoms with E-state index < -0.39 is 19.9 Å². The molecule has 0 heterocycles. The number of phosphoric acid groups is 1. The third-order valence-corrected chi connectivity index (χ3v) is 9.88. The minimum atomic E-state index is -4.27. The molecule has 0 aromatic carbocycles. The van der Waals surface area contributed by atoms with Gasteiger partial charge < -0.3 is 14.4 Å². The average Bonchev–Trinajstić information content (AvgIpc) is 3.07. The van der Waals surface area contributed by atoms with Gasteiger partial charge in [-0.25, -0.2) is 4.57 Å². The van der Waals surface area contributed by atoms with E-state index in [1.165, 1.54) is 122 Å². The minimum absolute atomic E-state index is 0.00256. The van der Waals surface area contributed by atoms with Gasteiger partial charge in [-0.15, -0.1) is 0 Å². The van der Waals surface area contributed by atoms with Crippen LogP contribution in [0.2, 0.25) is 0 Å². The second kappa shape index (κ2) is 36.6. The molecule has 49 heavy (non-hydrogen) atoms. The van der Waals surface area contributed by atoms with Gasteiger partial charge in [0.15, 0.2) is 6.10 Å². The predicted octanol–water partition coefficient (Wildman–Crippen LogP) is 12.5. The summed E-state index contributed by atoms with van der Waals surface area (Å²) in [6.07, 6.45) is 36.9. The molecule has 2 atom stereocenters. The first-order valence-electron chi connectivity index (χ1n) is 20.5. The molecule has 2 unspecified atom stereocenters. The van der Waals surface area contributed by atoms with E-state index in [1.807, 2.05) is 0 Å². The molecule has 0 aromatic rings. The molecule has 0 aromatic heterocycles. The molecule has 0 fully saturated rings. The number of hydrogen-bond acceptors (Lipinski definition) is 7. The third-order valence-electron chi connectivity index (χ3n) is 8.82. The van der Waals surface area contributed by atoms with Crippen molar-refractivity contribution >= 4 is 19.8 Å². The fourth-order valence-corrected chi connectivity index (χ4v) is 6.56. The van der Waals surface area contributed by atoms with Crippen molar-refractivity contribution in [2.24, 2.45) is 0 Å². The highest BCUT2D eigenvalue weighted by Gasteiger charge is 2.25. The van der Waals surface area contributed by atoms with Gasteiger partial charge >= 0.3 is 19.8 Å². The largest absolute Gasteiger partial charge is 0.472 e. The minimum Gasteiger partial charge on any atom is -0.462 e. The fourth-order valence-electron chi connectivity index (χ4n) is 5.80. The smallest absolute Gasteiger partial charge is 0.462 e. The first-order chi connectivity index (χ1) is 23.8. The van der Waals surface area contributed by atoms with Crippen molar-refractivity contribution in [2.75, 3.05) is 19.8 Å². The predicted molar refractivity (Wildman–Crippen MR) is 203 cm³/mol. The van der Waals surface area contributed by atoms with Crippen molar-refractivity contribution in [3.05, 3.63) is 12.2 Å². The monoisotopic (exact) mass is 717 g/mol. The van der Waals surface area contributed by atoms with Crippen LogP contribution in [-0.2, 0) is 32.7 Å². The van der Waals surface area contributed by atoms with Gasteiger partial charge in [-0.3, -0.25) is 18.6 Å². The molecule has 0 saturated carbocycles. The molecule has 0 bridgehead atoms. The van der Waals surface area contributed by atoms with Crippen LogP contribution in [0.15, 0.2) is 12.2 Å². The quantitative estimate of drug-likeness (QED) is 0.0291. The van der Waals surface area contributed by atoms with E-state index in [1.54, 1.807) is 6.92 Å². The summed E-state index contributed by atoms with van der Waals surface area (Å²) in [5.41, 5.74) is 0. The Labute approximate surface area is 301 Å². The van der Waals surface area contributed by atoms with Gasteiger partial charge in [0.1, 0.15) is 6.61 Å². The fraction of sp³-hybridized carbons (Fsp3) is 0.900. The Morgan fingerprint density at radius 1 is 0.531 bits per heavy atom. The summed E-state index contributed by atoms with van der Waals surface area (Å²) in [5, 5.41) is 0. The topological polar surface area (TPSA) is 108 Å². The molecule has 1 N–H and O–H groups in total. The van der Waals surface area contributed by atoms with Gasteiger partial charge in [0.05, 0.1) is 13.2 Å². The van der Waals surface area contributed by atoms with E-state index in [2.05, 4.69) is 26.0 Å². The van der Waals surface area contributed by atoms with Crippen LogP contribution >= 0.6 is 7.82 Å². The van der Waals surface area contributed by atoms with Gasteiger partial charge in [-0.05, 0) is 45.4 Å². The van der Waals surface area contributed by atoms with Crippen LogP contribution in [0, 0.1) is 0 Å². The molecule has 0 rings (SSSR count). The molecular weight excluding hydrogens is 639 g/mol. The van der Waals surface area contributed by atoms with Crippen molar-refractivity contribution in [2.45, 2.75) is 213 Å². The Balaban J connectivity index is 4.07. The van der Waals surface area contributed by atoms with Crippen LogP contribution in [0.1, 0.15) is 207 Å². The van der Waals surface area contributed by atoms with Crippen molar-refractivity contribution in [3.8, 4) is 0 Å². The maximum absolute atomic E-state index is 12.5. The van der Waals surface area contributed by atoms with E-state index in [9.17, 15) is 19.0 Å². The van der Waals surface area contributed by atoms with Gasteiger partial charge in [-0.1, -0.05) is 161 Å². The van der Waals surface area contributed by atoms with Crippen molar-refractivity contribution < 1.29 is 37.6 Å². The summed E-state index contributed by atoms with van der Waals surface area (Å²) in [6.45, 7) is 5.47. The zero-order valence-electron chi connectivity index (χ0n) is 32.1. The first kappa shape index (κ1) is 47.8. The Bertz CT molecular complexity index is 818. The molecule has 0 amide bonds. The number of unbranched alkanes of at least 4 members (excludes halogenated alkanes) is 24. The summed E-state index contributed by atoms with van der Waals surface area (Å²) < 4.78 is 32.6. The van der Waals surface area contributed by atoms with Crippen LogP contribution in [0.25, 0.3) is 0 Å². The standard InChI is InChI=1S/C40H77O8P/c1-4-7-9-11-13-15-17-18-19-20-21-22-23-25-27-29-31-33-35-40(42)48-38(37-47-49(43,44)46-6-3)36-45-39(41)34-32-30-28-26-24-16-14-12-10-8-5-2/h19-20,38H,4-18,21-37H2,1-3H3,(H,43,44)/b20-19-. The Morgan fingerprint density at radius 2 is 0.918 bits per heavy atom. The van der Waals surface area contributed by atoms with Crippen LogP contribution < -0.4 is 0 Å². The number of hydrogen-bond donors (Lipinski definition) is 1. The molecule has 8 nitrogen and oxygen atoms in total. The van der Waals surface area contributed by atoms with Gasteiger partial charge in [0, 0.05) is 12.8 Å². The van der Waals surface area contributed by atoms with E-state index in [4.69, 9.17) is 18.5 Å². The molecular formula is C40H77O8P. The summed E-state index contributed by atoms with van der Waals surface area (Å²) >= 11 is 0. The molecule has 0 aliphatic carbocycles. The maximum atomic E-state index is 12.5. The van der Waals surface area contributed by atoms with Crippen LogP contribution in [0.5, 0.6) is 0 Å². The highest BCUT2D eigenvalue weighted by Crippen LogP contribution is 2.43. The first-order valence-corrected chi connectivity index (χ1v) is 22.0. The van der Waals surface area contributed by atoms with Crippen LogP contribution in [0.4, 0.5) is 0 Å². The van der Waals surface area contributed by atoms with E-state index >= 15 is 0 Å². The summed E-state index contributed by atoms with van der Waals surface area (Å²) in [4.78, 5) is 34.6. The number of carbonyl (C=O) groups is 2. The number of phosphoric ester groups is 1. The second-order valence-corrected chi connectivity index (χ2v) is 15.1. The number of esters is 2. The third kappa shape index (κ3) is 36.4. The Morgan fingerprint density at radius 3 is 1.35 bits per heavy atom. The van der Waals surface area contributed by atoms with Gasteiger partial charge in [0.25, 0.3) is 0 Å². The molecule has 0 saturated heterocycles. The summed E-state index contributed by atoms with van der Waals surface area (Å²) in [7, 11) is -4.27. The Kier molecular flexibility index (Phi) is 35.7. The normalized spacial score (nSPS) is 13.5. The molecule has 0 radical (unpaired) electrons. The number of rotatable bonds is 38. The number of allylic oxidation sites excluding steroid dienone is 2. The average molecular weight is 717 g/mol. The highest BCUT2D eigenvalue weighted by molar-refractivity contribution is 7.47. The zero-order chi connectivity index (χ0) is 36.1. The van der Waals surface area contributed by atoms with Crippen molar-refractivity contribution in [3.63, 3.8) is 0 Å². The number of carbonyl (C=O) groups excluding carboxylic acids is 2. The van der Waals surface area contributed by atoms with E-state index in [0.717, 1.165) is 44.9 Å². The maximum Gasteiger partial charge on any atom is 0.472 e. The second-order valence-electron chi connectivity index (χ2n) is 13.7. The molecule has 290 valence electrons. The molecule has 0 aliphatic rings. The van der Waals surface area contributed by atoms with Crippen molar-refractivity contribution in [1.82, 2.24) is 0 Å².